The molecular formula is C12H15NO2. The predicted octanol–water partition coefficient (Wildman–Crippen LogP) is 2.02. The number of benzene rings is 1. The number of aryl methyl sites for hydroxylation is 1. The highest BCUT2D eigenvalue weighted by molar-refractivity contribution is 5.88. The van der Waals surface area contributed by atoms with Gasteiger partial charge in [-0.25, -0.2) is 4.79 Å². The first-order valence-electron chi connectivity index (χ1n) is 4.81. The molecule has 0 amide bonds. The maximum absolute atomic E-state index is 10.9. The van der Waals surface area contributed by atoms with E-state index in [9.17, 15) is 4.79 Å². The predicted molar refractivity (Wildman–Crippen MR) is 61.3 cm³/mol. The van der Waals surface area contributed by atoms with Gasteiger partial charge >= 0.3 is 5.97 Å². The Morgan fingerprint density at radius 2 is 2.27 bits per heavy atom. The molecule has 1 aromatic carbocycles. The molecule has 2 N–H and O–H groups in total. The van der Waals surface area contributed by atoms with Crippen molar-refractivity contribution in [2.45, 2.75) is 13.3 Å². The highest BCUT2D eigenvalue weighted by Crippen LogP contribution is 2.16. The maximum atomic E-state index is 10.9. The van der Waals surface area contributed by atoms with Crippen molar-refractivity contribution in [1.82, 2.24) is 0 Å². The van der Waals surface area contributed by atoms with Gasteiger partial charge in [-0.1, -0.05) is 19.1 Å². The van der Waals surface area contributed by atoms with E-state index in [4.69, 9.17) is 5.73 Å². The second kappa shape index (κ2) is 5.20. The molecule has 80 valence electrons. The highest BCUT2D eigenvalue weighted by atomic mass is 16.5. The summed E-state index contributed by atoms with van der Waals surface area (Å²) in [6.07, 6.45) is 3.96. The first-order valence-corrected chi connectivity index (χ1v) is 4.81. The summed E-state index contributed by atoms with van der Waals surface area (Å²) in [4.78, 5) is 10.9. The van der Waals surface area contributed by atoms with Gasteiger partial charge in [0.15, 0.2) is 0 Å². The summed E-state index contributed by atoms with van der Waals surface area (Å²) in [6, 6.07) is 5.80. The molecule has 3 nitrogen and oxygen atoms in total. The van der Waals surface area contributed by atoms with Crippen molar-refractivity contribution in [2.75, 3.05) is 12.8 Å². The highest BCUT2D eigenvalue weighted by Gasteiger charge is 1.98. The van der Waals surface area contributed by atoms with E-state index in [1.165, 1.54) is 18.7 Å². The van der Waals surface area contributed by atoms with Crippen LogP contribution in [0.1, 0.15) is 18.1 Å². The average molecular weight is 205 g/mol. The number of nitrogen functional groups attached to an aromatic ring is 1. The standard InChI is InChI=1S/C12H15NO2/c1-3-9-4-5-10(11(13)8-9)6-7-12(14)15-2/h4-8H,3,13H2,1-2H3/b7-6+. The minimum atomic E-state index is -0.381. The Morgan fingerprint density at radius 1 is 1.53 bits per heavy atom. The molecule has 0 aliphatic carbocycles. The Balaban J connectivity index is 2.87. The van der Waals surface area contributed by atoms with Crippen LogP contribution >= 0.6 is 0 Å². The van der Waals surface area contributed by atoms with E-state index in [2.05, 4.69) is 11.7 Å². The van der Waals surface area contributed by atoms with Crippen LogP contribution in [0.3, 0.4) is 0 Å². The molecule has 0 heterocycles. The summed E-state index contributed by atoms with van der Waals surface area (Å²) in [5.41, 5.74) is 8.51. The van der Waals surface area contributed by atoms with Crippen molar-refractivity contribution in [3.8, 4) is 0 Å². The quantitative estimate of drug-likeness (QED) is 0.466. The van der Waals surface area contributed by atoms with Crippen LogP contribution < -0.4 is 5.73 Å². The molecule has 0 atom stereocenters. The van der Waals surface area contributed by atoms with Crippen LogP contribution in [0, 0.1) is 0 Å². The van der Waals surface area contributed by atoms with Crippen LogP contribution in [0.5, 0.6) is 0 Å². The molecule has 3 heteroatoms. The van der Waals surface area contributed by atoms with Crippen LogP contribution in [-0.2, 0) is 16.0 Å². The number of hydrogen-bond donors (Lipinski definition) is 1. The number of ether oxygens (including phenoxy) is 1. The summed E-state index contributed by atoms with van der Waals surface area (Å²) in [6.45, 7) is 2.07. The molecule has 0 fully saturated rings. The first-order chi connectivity index (χ1) is 7.17. The molecule has 0 unspecified atom stereocenters. The van der Waals surface area contributed by atoms with Crippen LogP contribution in [0.4, 0.5) is 5.69 Å². The number of hydrogen-bond acceptors (Lipinski definition) is 3. The Morgan fingerprint density at radius 3 is 2.80 bits per heavy atom. The van der Waals surface area contributed by atoms with Gasteiger partial charge in [0.25, 0.3) is 0 Å². The number of anilines is 1. The van der Waals surface area contributed by atoms with Crippen molar-refractivity contribution in [2.24, 2.45) is 0 Å². The number of rotatable bonds is 3. The Labute approximate surface area is 89.5 Å². The second-order valence-corrected chi connectivity index (χ2v) is 3.17. The van der Waals surface area contributed by atoms with Gasteiger partial charge < -0.3 is 10.5 Å². The number of nitrogens with two attached hydrogens (primary N) is 1. The molecule has 0 bridgehead atoms. The van der Waals surface area contributed by atoms with Crippen LogP contribution in [0.15, 0.2) is 24.3 Å². The Kier molecular flexibility index (Phi) is 3.92. The van der Waals surface area contributed by atoms with Crippen molar-refractivity contribution in [3.05, 3.63) is 35.4 Å². The fraction of sp³-hybridized carbons (Fsp3) is 0.250. The van der Waals surface area contributed by atoms with E-state index in [-0.39, 0.29) is 5.97 Å². The van der Waals surface area contributed by atoms with Crippen LogP contribution in [-0.4, -0.2) is 13.1 Å². The van der Waals surface area contributed by atoms with Gasteiger partial charge in [-0.3, -0.25) is 0 Å². The molecule has 1 rings (SSSR count). The number of carbonyl (C=O) groups excluding carboxylic acids is 1. The lowest BCUT2D eigenvalue weighted by Gasteiger charge is -2.02. The van der Waals surface area contributed by atoms with Gasteiger partial charge in [0.2, 0.25) is 0 Å². The average Bonchev–Trinajstić information content (AvgIpc) is 2.26. The molecule has 0 aliphatic rings. The lowest BCUT2D eigenvalue weighted by Crippen LogP contribution is -1.95. The van der Waals surface area contributed by atoms with Crippen LogP contribution in [0.2, 0.25) is 0 Å². The van der Waals surface area contributed by atoms with Gasteiger partial charge in [0, 0.05) is 11.8 Å². The lowest BCUT2D eigenvalue weighted by atomic mass is 10.1. The molecule has 0 aromatic heterocycles. The van der Waals surface area contributed by atoms with E-state index in [0.717, 1.165) is 12.0 Å². The van der Waals surface area contributed by atoms with Gasteiger partial charge in [-0.15, -0.1) is 0 Å². The number of carbonyl (C=O) groups is 1. The fourth-order valence-electron chi connectivity index (χ4n) is 1.22. The van der Waals surface area contributed by atoms with Crippen molar-refractivity contribution < 1.29 is 9.53 Å². The summed E-state index contributed by atoms with van der Waals surface area (Å²) in [7, 11) is 1.34. The topological polar surface area (TPSA) is 52.3 Å². The SMILES string of the molecule is CCc1ccc(/C=C/C(=O)OC)c(N)c1. The minimum absolute atomic E-state index is 0.381. The van der Waals surface area contributed by atoms with E-state index in [1.807, 2.05) is 18.2 Å². The maximum Gasteiger partial charge on any atom is 0.330 e. The minimum Gasteiger partial charge on any atom is -0.466 e. The molecule has 15 heavy (non-hydrogen) atoms. The van der Waals surface area contributed by atoms with Gasteiger partial charge in [0.1, 0.15) is 0 Å². The number of esters is 1. The van der Waals surface area contributed by atoms with E-state index < -0.39 is 0 Å². The van der Waals surface area contributed by atoms with Crippen LogP contribution in [0.25, 0.3) is 6.08 Å². The normalized spacial score (nSPS) is 10.5. The summed E-state index contributed by atoms with van der Waals surface area (Å²) < 4.78 is 4.49. The van der Waals surface area contributed by atoms with E-state index in [0.29, 0.717) is 5.69 Å². The summed E-state index contributed by atoms with van der Waals surface area (Å²) in [5, 5.41) is 0. The third-order valence-corrected chi connectivity index (χ3v) is 2.16. The monoisotopic (exact) mass is 205 g/mol. The number of methoxy groups -OCH3 is 1. The van der Waals surface area contributed by atoms with Crippen molar-refractivity contribution in [1.29, 1.82) is 0 Å². The Bertz CT molecular complexity index is 383. The molecule has 0 aliphatic heterocycles. The van der Waals surface area contributed by atoms with E-state index >= 15 is 0 Å². The van der Waals surface area contributed by atoms with Gasteiger partial charge in [0.05, 0.1) is 7.11 Å². The zero-order chi connectivity index (χ0) is 11.3. The molecule has 1 aromatic rings. The summed E-state index contributed by atoms with van der Waals surface area (Å²) in [5.74, 6) is -0.381. The third kappa shape index (κ3) is 3.13. The fourth-order valence-corrected chi connectivity index (χ4v) is 1.22. The van der Waals surface area contributed by atoms with Gasteiger partial charge in [-0.2, -0.15) is 0 Å². The van der Waals surface area contributed by atoms with Crippen molar-refractivity contribution in [3.63, 3.8) is 0 Å². The third-order valence-electron chi connectivity index (χ3n) is 2.16. The molecule has 0 spiro atoms. The van der Waals surface area contributed by atoms with Gasteiger partial charge in [-0.05, 0) is 29.7 Å². The molecule has 0 saturated heterocycles. The second-order valence-electron chi connectivity index (χ2n) is 3.17. The Hall–Kier alpha value is -1.77. The zero-order valence-electron chi connectivity index (χ0n) is 8.99. The van der Waals surface area contributed by atoms with Crippen molar-refractivity contribution >= 4 is 17.7 Å². The largest absolute Gasteiger partial charge is 0.466 e. The molecule has 0 radical (unpaired) electrons. The summed E-state index contributed by atoms with van der Waals surface area (Å²) >= 11 is 0. The van der Waals surface area contributed by atoms with E-state index in [1.54, 1.807) is 6.08 Å². The first kappa shape index (κ1) is 11.3. The molecule has 0 saturated carbocycles. The molecular weight excluding hydrogens is 190 g/mol. The lowest BCUT2D eigenvalue weighted by molar-refractivity contribution is -0.134. The zero-order valence-corrected chi connectivity index (χ0v) is 8.99. The smallest absolute Gasteiger partial charge is 0.330 e.